The van der Waals surface area contributed by atoms with Gasteiger partial charge in [-0.1, -0.05) is 0 Å². The van der Waals surface area contributed by atoms with Crippen LogP contribution in [0.15, 0.2) is 30.6 Å². The molecule has 24 heavy (non-hydrogen) atoms. The normalized spacial score (nSPS) is 23.6. The van der Waals surface area contributed by atoms with E-state index >= 15 is 0 Å². The number of hydrogen-bond acceptors (Lipinski definition) is 3. The lowest BCUT2D eigenvalue weighted by atomic mass is 9.81. The number of nitrogens with zero attached hydrogens (tertiary/aromatic N) is 4. The van der Waals surface area contributed by atoms with Gasteiger partial charge in [0.15, 0.2) is 0 Å². The third-order valence-electron chi connectivity index (χ3n) is 5.58. The summed E-state index contributed by atoms with van der Waals surface area (Å²) < 4.78 is 4.23. The molecule has 5 nitrogen and oxygen atoms in total. The molecule has 0 spiro atoms. The summed E-state index contributed by atoms with van der Waals surface area (Å²) in [6, 6.07) is 6.77. The number of pyridine rings is 1. The summed E-state index contributed by atoms with van der Waals surface area (Å²) in [5.41, 5.74) is 5.62. The first-order valence-corrected chi connectivity index (χ1v) is 8.85. The fourth-order valence-corrected chi connectivity index (χ4v) is 3.82. The maximum atomic E-state index is 9.25. The maximum Gasteiger partial charge on any atom is 0.0888 e. The second-order valence-electron chi connectivity index (χ2n) is 7.38. The Balaban J connectivity index is 1.54. The first-order valence-electron chi connectivity index (χ1n) is 8.85. The number of aliphatic hydroxyl groups excluding tert-OH is 1. The van der Waals surface area contributed by atoms with Gasteiger partial charge in [-0.25, -0.2) is 4.98 Å². The van der Waals surface area contributed by atoms with E-state index in [1.165, 1.54) is 24.1 Å². The Morgan fingerprint density at radius 3 is 2.79 bits per heavy atom. The van der Waals surface area contributed by atoms with E-state index < -0.39 is 0 Å². The molecule has 3 aromatic heterocycles. The molecule has 2 fully saturated rings. The molecule has 0 saturated heterocycles. The van der Waals surface area contributed by atoms with Gasteiger partial charge < -0.3 is 9.67 Å². The summed E-state index contributed by atoms with van der Waals surface area (Å²) in [7, 11) is 2.05. The van der Waals surface area contributed by atoms with E-state index in [9.17, 15) is 5.11 Å². The third kappa shape index (κ3) is 2.18. The summed E-state index contributed by atoms with van der Waals surface area (Å²) >= 11 is 0. The Morgan fingerprint density at radius 1 is 1.21 bits per heavy atom. The van der Waals surface area contributed by atoms with Crippen molar-refractivity contribution in [1.82, 2.24) is 19.3 Å². The molecule has 2 aliphatic carbocycles. The van der Waals surface area contributed by atoms with Gasteiger partial charge >= 0.3 is 0 Å². The minimum absolute atomic E-state index is 0.298. The fraction of sp³-hybridized carbons (Fsp3) is 0.474. The first kappa shape index (κ1) is 14.2. The van der Waals surface area contributed by atoms with E-state index in [1.54, 1.807) is 0 Å². The molecule has 2 saturated carbocycles. The fourth-order valence-electron chi connectivity index (χ4n) is 3.82. The van der Waals surface area contributed by atoms with Gasteiger partial charge in [0.25, 0.3) is 0 Å². The molecule has 5 heteroatoms. The van der Waals surface area contributed by atoms with Gasteiger partial charge in [0.05, 0.1) is 28.5 Å². The van der Waals surface area contributed by atoms with E-state index in [4.69, 9.17) is 10.1 Å². The minimum atomic E-state index is 0.298. The van der Waals surface area contributed by atoms with Gasteiger partial charge in [-0.3, -0.25) is 4.68 Å². The lowest BCUT2D eigenvalue weighted by Gasteiger charge is -2.34. The SMILES string of the molecule is Cn1ccc2nc(-c3cn([C@H]4C[C@H](CO)C4)nc3C3CC3)ccc21. The summed E-state index contributed by atoms with van der Waals surface area (Å²) in [6.45, 7) is 0.298. The number of aromatic nitrogens is 4. The monoisotopic (exact) mass is 322 g/mol. The van der Waals surface area contributed by atoms with E-state index in [0.29, 0.717) is 24.5 Å². The zero-order valence-corrected chi connectivity index (χ0v) is 13.9. The quantitative estimate of drug-likeness (QED) is 0.802. The topological polar surface area (TPSA) is 55.9 Å². The number of hydrogen-bond donors (Lipinski definition) is 1. The van der Waals surface area contributed by atoms with Crippen molar-refractivity contribution in [3.63, 3.8) is 0 Å². The molecular weight excluding hydrogens is 300 g/mol. The zero-order chi connectivity index (χ0) is 16.3. The van der Waals surface area contributed by atoms with Crippen LogP contribution < -0.4 is 0 Å². The predicted octanol–water partition coefficient (Wildman–Crippen LogP) is 3.26. The van der Waals surface area contributed by atoms with E-state index in [1.807, 2.05) is 7.05 Å². The molecule has 0 aliphatic heterocycles. The highest BCUT2D eigenvalue weighted by atomic mass is 16.3. The highest BCUT2D eigenvalue weighted by Crippen LogP contribution is 2.45. The molecule has 5 rings (SSSR count). The van der Waals surface area contributed by atoms with Crippen molar-refractivity contribution < 1.29 is 5.11 Å². The molecule has 0 amide bonds. The Morgan fingerprint density at radius 2 is 2.04 bits per heavy atom. The average Bonchev–Trinajstić information content (AvgIpc) is 3.21. The van der Waals surface area contributed by atoms with Crippen molar-refractivity contribution in [2.75, 3.05) is 6.61 Å². The predicted molar refractivity (Wildman–Crippen MR) is 92.8 cm³/mol. The Bertz CT molecular complexity index is 899. The lowest BCUT2D eigenvalue weighted by Crippen LogP contribution is -2.29. The Hall–Kier alpha value is -2.14. The second kappa shape index (κ2) is 5.18. The van der Waals surface area contributed by atoms with Crippen LogP contribution in [0.4, 0.5) is 0 Å². The highest BCUT2D eigenvalue weighted by molar-refractivity contribution is 5.79. The van der Waals surface area contributed by atoms with Crippen LogP contribution in [-0.2, 0) is 7.05 Å². The smallest absolute Gasteiger partial charge is 0.0888 e. The largest absolute Gasteiger partial charge is 0.396 e. The maximum absolute atomic E-state index is 9.25. The molecule has 3 heterocycles. The number of aliphatic hydroxyl groups is 1. The molecule has 2 aliphatic rings. The molecular formula is C19H22N4O. The van der Waals surface area contributed by atoms with Crippen molar-refractivity contribution in [2.24, 2.45) is 13.0 Å². The average molecular weight is 322 g/mol. The summed E-state index contributed by atoms with van der Waals surface area (Å²) in [6.07, 6.45) is 8.78. The molecule has 0 bridgehead atoms. The van der Waals surface area contributed by atoms with Gasteiger partial charge in [0.1, 0.15) is 0 Å². The van der Waals surface area contributed by atoms with Crippen molar-refractivity contribution in [1.29, 1.82) is 0 Å². The van der Waals surface area contributed by atoms with E-state index in [2.05, 4.69) is 39.8 Å². The summed E-state index contributed by atoms with van der Waals surface area (Å²) in [4.78, 5) is 4.87. The molecule has 0 radical (unpaired) electrons. The summed E-state index contributed by atoms with van der Waals surface area (Å²) in [5.74, 6) is 1.05. The Kier molecular flexibility index (Phi) is 3.07. The van der Waals surface area contributed by atoms with Crippen LogP contribution in [-0.4, -0.2) is 31.0 Å². The standard InChI is InChI=1S/C19H22N4O/c1-22-7-6-17-18(22)5-4-16(20-17)15-10-23(14-8-12(9-14)11-24)21-19(15)13-2-3-13/h4-7,10,12-14,24H,2-3,8-9,11H2,1H3/t12-,14-. The van der Waals surface area contributed by atoms with Crippen molar-refractivity contribution in [3.8, 4) is 11.3 Å². The van der Waals surface area contributed by atoms with Crippen molar-refractivity contribution >= 4 is 11.0 Å². The van der Waals surface area contributed by atoms with Crippen LogP contribution in [0.3, 0.4) is 0 Å². The van der Waals surface area contributed by atoms with Gasteiger partial charge in [-0.05, 0) is 49.8 Å². The van der Waals surface area contributed by atoms with Crippen LogP contribution in [0, 0.1) is 5.92 Å². The Labute approximate surface area is 140 Å². The van der Waals surface area contributed by atoms with Crippen LogP contribution >= 0.6 is 0 Å². The van der Waals surface area contributed by atoms with Gasteiger partial charge in [-0.2, -0.15) is 5.10 Å². The third-order valence-corrected chi connectivity index (χ3v) is 5.58. The molecule has 1 N–H and O–H groups in total. The van der Waals surface area contributed by atoms with Crippen LogP contribution in [0.5, 0.6) is 0 Å². The van der Waals surface area contributed by atoms with E-state index in [0.717, 1.165) is 29.6 Å². The van der Waals surface area contributed by atoms with Gasteiger partial charge in [0.2, 0.25) is 0 Å². The van der Waals surface area contributed by atoms with Crippen molar-refractivity contribution in [2.45, 2.75) is 37.6 Å². The molecule has 0 unspecified atom stereocenters. The van der Waals surface area contributed by atoms with Gasteiger partial charge in [0, 0.05) is 37.5 Å². The molecule has 0 atom stereocenters. The summed E-state index contributed by atoms with van der Waals surface area (Å²) in [5, 5.41) is 14.2. The minimum Gasteiger partial charge on any atom is -0.396 e. The number of rotatable bonds is 4. The van der Waals surface area contributed by atoms with Crippen molar-refractivity contribution in [3.05, 3.63) is 36.3 Å². The molecule has 3 aromatic rings. The lowest BCUT2D eigenvalue weighted by molar-refractivity contribution is 0.105. The number of fused-ring (bicyclic) bond motifs is 1. The second-order valence-corrected chi connectivity index (χ2v) is 7.38. The first-order chi connectivity index (χ1) is 11.7. The number of aryl methyl sites for hydroxylation is 1. The van der Waals surface area contributed by atoms with Gasteiger partial charge in [-0.15, -0.1) is 0 Å². The van der Waals surface area contributed by atoms with Crippen LogP contribution in [0.1, 0.15) is 43.3 Å². The zero-order valence-electron chi connectivity index (χ0n) is 13.9. The van der Waals surface area contributed by atoms with Crippen LogP contribution in [0.25, 0.3) is 22.3 Å². The van der Waals surface area contributed by atoms with Crippen LogP contribution in [0.2, 0.25) is 0 Å². The van der Waals surface area contributed by atoms with E-state index in [-0.39, 0.29) is 0 Å². The molecule has 124 valence electrons. The molecule has 0 aromatic carbocycles. The highest BCUT2D eigenvalue weighted by Gasteiger charge is 2.34.